The van der Waals surface area contributed by atoms with Crippen LogP contribution in [0.25, 0.3) is 0 Å². The van der Waals surface area contributed by atoms with Crippen LogP contribution in [-0.4, -0.2) is 40.6 Å². The Morgan fingerprint density at radius 2 is 1.62 bits per heavy atom. The molecule has 0 aliphatic carbocycles. The highest BCUT2D eigenvalue weighted by Gasteiger charge is 2.40. The van der Waals surface area contributed by atoms with E-state index in [-0.39, 0.29) is 17.9 Å². The lowest BCUT2D eigenvalue weighted by Crippen LogP contribution is -2.47. The molecule has 1 aromatic carbocycles. The van der Waals surface area contributed by atoms with E-state index < -0.39 is 41.6 Å². The molecule has 0 saturated heterocycles. The number of benzene rings is 1. The summed E-state index contributed by atoms with van der Waals surface area (Å²) >= 11 is 0. The molecule has 0 aliphatic rings. The third-order valence-corrected chi connectivity index (χ3v) is 5.89. The number of carbonyl (C=O) groups excluding carboxylic acids is 1. The van der Waals surface area contributed by atoms with Gasteiger partial charge in [0.1, 0.15) is 0 Å². The average Bonchev–Trinajstić information content (AvgIpc) is 2.58. The maximum Gasteiger partial charge on any atom is 0.311 e. The number of nitrogens with two attached hydrogens (primary N) is 1. The second-order valence-electron chi connectivity index (χ2n) is 9.15. The van der Waals surface area contributed by atoms with Crippen LogP contribution in [0.15, 0.2) is 24.3 Å². The fourth-order valence-electron chi connectivity index (χ4n) is 3.36. The van der Waals surface area contributed by atoms with Crippen LogP contribution < -0.4 is 11.1 Å². The van der Waals surface area contributed by atoms with Gasteiger partial charge >= 0.3 is 11.9 Å². The van der Waals surface area contributed by atoms with Crippen LogP contribution in [0.1, 0.15) is 65.0 Å². The van der Waals surface area contributed by atoms with Gasteiger partial charge in [0, 0.05) is 6.54 Å². The van der Waals surface area contributed by atoms with Crippen molar-refractivity contribution in [3.05, 3.63) is 35.4 Å². The first-order chi connectivity index (χ1) is 13.2. The quantitative estimate of drug-likeness (QED) is 0.473. The Hall–Kier alpha value is -2.41. The van der Waals surface area contributed by atoms with E-state index >= 15 is 0 Å². The lowest BCUT2D eigenvalue weighted by atomic mass is 9.67. The van der Waals surface area contributed by atoms with E-state index in [1.807, 2.05) is 24.3 Å². The summed E-state index contributed by atoms with van der Waals surface area (Å²) in [5.74, 6) is -3.34. The Labute approximate surface area is 172 Å². The van der Waals surface area contributed by atoms with Gasteiger partial charge in [-0.05, 0) is 27.9 Å². The SMILES string of the molecule is CC(C)C(C)(C)c1ccccc1C(C(=O)O)C(C)(C)CNC(=O)[C@@H](N)CC(=O)O. The summed E-state index contributed by atoms with van der Waals surface area (Å²) in [6.45, 7) is 12.0. The molecule has 0 spiro atoms. The van der Waals surface area contributed by atoms with Gasteiger partial charge in [0.05, 0.1) is 18.4 Å². The molecule has 0 fully saturated rings. The summed E-state index contributed by atoms with van der Waals surface area (Å²) in [5, 5.41) is 21.5. The molecule has 5 N–H and O–H groups in total. The van der Waals surface area contributed by atoms with E-state index in [1.165, 1.54) is 0 Å². The number of nitrogens with one attached hydrogen (secondary N) is 1. The van der Waals surface area contributed by atoms with Gasteiger partial charge in [0.15, 0.2) is 0 Å². The van der Waals surface area contributed by atoms with Crippen LogP contribution in [0.4, 0.5) is 0 Å². The van der Waals surface area contributed by atoms with E-state index in [0.717, 1.165) is 5.56 Å². The smallest absolute Gasteiger partial charge is 0.311 e. The largest absolute Gasteiger partial charge is 0.481 e. The second kappa shape index (κ2) is 9.39. The fraction of sp³-hybridized carbons (Fsp3) is 0.591. The summed E-state index contributed by atoms with van der Waals surface area (Å²) in [5.41, 5.74) is 6.20. The maximum atomic E-state index is 12.3. The minimum Gasteiger partial charge on any atom is -0.481 e. The van der Waals surface area contributed by atoms with Crippen molar-refractivity contribution in [2.24, 2.45) is 17.1 Å². The van der Waals surface area contributed by atoms with E-state index in [1.54, 1.807) is 13.8 Å². The third-order valence-electron chi connectivity index (χ3n) is 5.89. The second-order valence-corrected chi connectivity index (χ2v) is 9.15. The summed E-state index contributed by atoms with van der Waals surface area (Å²) in [7, 11) is 0. The van der Waals surface area contributed by atoms with Crippen LogP contribution >= 0.6 is 0 Å². The number of hydrogen-bond donors (Lipinski definition) is 4. The Balaban J connectivity index is 3.23. The summed E-state index contributed by atoms with van der Waals surface area (Å²) in [6.07, 6.45) is -0.486. The van der Waals surface area contributed by atoms with Gasteiger partial charge in [-0.15, -0.1) is 0 Å². The molecule has 0 heterocycles. The van der Waals surface area contributed by atoms with Crippen LogP contribution in [-0.2, 0) is 19.8 Å². The molecule has 1 aromatic rings. The summed E-state index contributed by atoms with van der Waals surface area (Å²) in [6, 6.07) is 6.34. The minimum absolute atomic E-state index is 0.0482. The monoisotopic (exact) mass is 406 g/mol. The predicted octanol–water partition coefficient (Wildman–Crippen LogP) is 2.73. The van der Waals surface area contributed by atoms with Crippen LogP contribution in [0.2, 0.25) is 0 Å². The first-order valence-electron chi connectivity index (χ1n) is 9.79. The fourth-order valence-corrected chi connectivity index (χ4v) is 3.36. The molecule has 0 aliphatic heterocycles. The lowest BCUT2D eigenvalue weighted by molar-refractivity contribution is -0.142. The molecule has 1 amide bonds. The zero-order valence-electron chi connectivity index (χ0n) is 18.2. The topological polar surface area (TPSA) is 130 Å². The average molecular weight is 407 g/mol. The molecule has 1 unspecified atom stereocenters. The summed E-state index contributed by atoms with van der Waals surface area (Å²) in [4.78, 5) is 35.2. The predicted molar refractivity (Wildman–Crippen MR) is 112 cm³/mol. The maximum absolute atomic E-state index is 12.3. The van der Waals surface area contributed by atoms with Gasteiger partial charge in [0.2, 0.25) is 5.91 Å². The number of carbonyl (C=O) groups is 3. The Morgan fingerprint density at radius 3 is 2.10 bits per heavy atom. The lowest BCUT2D eigenvalue weighted by Gasteiger charge is -2.38. The molecule has 0 bridgehead atoms. The molecule has 29 heavy (non-hydrogen) atoms. The molecule has 0 saturated carbocycles. The molecule has 7 nitrogen and oxygen atoms in total. The van der Waals surface area contributed by atoms with E-state index in [9.17, 15) is 19.5 Å². The van der Waals surface area contributed by atoms with Crippen molar-refractivity contribution in [3.63, 3.8) is 0 Å². The molecule has 1 rings (SSSR count). The van der Waals surface area contributed by atoms with E-state index in [4.69, 9.17) is 10.8 Å². The van der Waals surface area contributed by atoms with Crippen molar-refractivity contribution in [2.75, 3.05) is 6.54 Å². The molecule has 0 radical (unpaired) electrons. The van der Waals surface area contributed by atoms with Crippen molar-refractivity contribution in [2.45, 2.75) is 65.3 Å². The number of hydrogen-bond acceptors (Lipinski definition) is 4. The minimum atomic E-state index is -1.18. The van der Waals surface area contributed by atoms with Crippen LogP contribution in [0.3, 0.4) is 0 Å². The molecule has 162 valence electrons. The zero-order valence-corrected chi connectivity index (χ0v) is 18.2. The molecule has 0 aromatic heterocycles. The van der Waals surface area contributed by atoms with Gasteiger partial charge in [0.25, 0.3) is 0 Å². The van der Waals surface area contributed by atoms with Crippen molar-refractivity contribution >= 4 is 17.8 Å². The first kappa shape index (κ1) is 24.6. The van der Waals surface area contributed by atoms with Gasteiger partial charge in [-0.3, -0.25) is 14.4 Å². The molecule has 7 heteroatoms. The standard InChI is InChI=1S/C22H34N2O5/c1-13(2)22(5,6)15-10-8-7-9-14(15)18(20(28)29)21(3,4)12-24-19(27)16(23)11-17(25)26/h7-10,13,16,18H,11-12,23H2,1-6H3,(H,24,27)(H,25,26)(H,28,29)/t16-,18?/m0/s1. The highest BCUT2D eigenvalue weighted by molar-refractivity contribution is 5.86. The van der Waals surface area contributed by atoms with Crippen molar-refractivity contribution in [1.82, 2.24) is 5.32 Å². The summed E-state index contributed by atoms with van der Waals surface area (Å²) < 4.78 is 0. The van der Waals surface area contributed by atoms with Gasteiger partial charge in [-0.1, -0.05) is 65.8 Å². The highest BCUT2D eigenvalue weighted by Crippen LogP contribution is 2.42. The zero-order chi connectivity index (χ0) is 22.6. The molecule has 2 atom stereocenters. The Morgan fingerprint density at radius 1 is 1.07 bits per heavy atom. The van der Waals surface area contributed by atoms with E-state index in [0.29, 0.717) is 5.56 Å². The highest BCUT2D eigenvalue weighted by atomic mass is 16.4. The Kier molecular flexibility index (Phi) is 7.98. The Bertz CT molecular complexity index is 755. The van der Waals surface area contributed by atoms with Crippen LogP contribution in [0, 0.1) is 11.3 Å². The van der Waals surface area contributed by atoms with Gasteiger partial charge in [-0.2, -0.15) is 0 Å². The van der Waals surface area contributed by atoms with Gasteiger partial charge < -0.3 is 21.3 Å². The van der Waals surface area contributed by atoms with Gasteiger partial charge in [-0.25, -0.2) is 0 Å². The number of amides is 1. The van der Waals surface area contributed by atoms with E-state index in [2.05, 4.69) is 33.0 Å². The van der Waals surface area contributed by atoms with Crippen molar-refractivity contribution in [1.29, 1.82) is 0 Å². The number of carboxylic acids is 2. The first-order valence-corrected chi connectivity index (χ1v) is 9.79. The van der Waals surface area contributed by atoms with Crippen molar-refractivity contribution in [3.8, 4) is 0 Å². The number of carboxylic acid groups (broad SMARTS) is 2. The molecular formula is C22H34N2O5. The van der Waals surface area contributed by atoms with Crippen LogP contribution in [0.5, 0.6) is 0 Å². The number of aliphatic carboxylic acids is 2. The molecular weight excluding hydrogens is 372 g/mol. The normalized spacial score (nSPS) is 14.3. The third kappa shape index (κ3) is 6.03. The van der Waals surface area contributed by atoms with Crippen molar-refractivity contribution < 1.29 is 24.6 Å². The number of rotatable bonds is 10.